The number of carbonyl (C=O) groups excluding carboxylic acids is 1. The lowest BCUT2D eigenvalue weighted by Crippen LogP contribution is -2.39. The molecule has 0 radical (unpaired) electrons. The molecule has 0 saturated heterocycles. The summed E-state index contributed by atoms with van der Waals surface area (Å²) in [5.41, 5.74) is 1.34. The summed E-state index contributed by atoms with van der Waals surface area (Å²) in [6.45, 7) is 0.139. The van der Waals surface area contributed by atoms with E-state index < -0.39 is 11.8 Å². The molecule has 3 nitrogen and oxygen atoms in total. The van der Waals surface area contributed by atoms with Crippen molar-refractivity contribution in [1.82, 2.24) is 0 Å². The van der Waals surface area contributed by atoms with E-state index in [1.165, 1.54) is 35.2 Å². The smallest absolute Gasteiger partial charge is 0.307 e. The molecule has 96 valence electrons. The summed E-state index contributed by atoms with van der Waals surface area (Å²) in [5, 5.41) is 2.62. The number of fused-ring (bicyclic) bond motifs is 1. The molecule has 5 heteroatoms. The zero-order valence-electron chi connectivity index (χ0n) is 9.86. The van der Waals surface area contributed by atoms with E-state index in [0.29, 0.717) is 11.3 Å². The van der Waals surface area contributed by atoms with E-state index in [2.05, 4.69) is 5.32 Å². The van der Waals surface area contributed by atoms with E-state index in [1.54, 1.807) is 12.1 Å². The fourth-order valence-electron chi connectivity index (χ4n) is 2.11. The van der Waals surface area contributed by atoms with Gasteiger partial charge in [0.1, 0.15) is 11.6 Å². The van der Waals surface area contributed by atoms with Crippen molar-refractivity contribution in [3.63, 3.8) is 0 Å². The third kappa shape index (κ3) is 2.03. The van der Waals surface area contributed by atoms with Gasteiger partial charge in [-0.15, -0.1) is 0 Å². The van der Waals surface area contributed by atoms with Crippen molar-refractivity contribution in [1.29, 1.82) is 0 Å². The van der Waals surface area contributed by atoms with Crippen molar-refractivity contribution < 1.29 is 13.6 Å². The molecule has 0 spiro atoms. The Labute approximate surface area is 108 Å². The van der Waals surface area contributed by atoms with Crippen LogP contribution in [0.1, 0.15) is 5.56 Å². The molecule has 1 heterocycles. The van der Waals surface area contributed by atoms with Crippen molar-refractivity contribution in [2.75, 3.05) is 10.2 Å². The van der Waals surface area contributed by atoms with Gasteiger partial charge in [-0.25, -0.2) is 13.6 Å². The quantitative estimate of drug-likeness (QED) is 0.836. The zero-order valence-corrected chi connectivity index (χ0v) is 9.86. The number of carbonyl (C=O) groups is 1. The highest BCUT2D eigenvalue weighted by Gasteiger charge is 2.25. The van der Waals surface area contributed by atoms with Crippen LogP contribution < -0.4 is 10.2 Å². The number of rotatable bonds is 1. The molecule has 0 aromatic heterocycles. The lowest BCUT2D eigenvalue weighted by Gasteiger charge is -2.29. The molecule has 2 amide bonds. The summed E-state index contributed by atoms with van der Waals surface area (Å²) < 4.78 is 26.9. The average Bonchev–Trinajstić information content (AvgIpc) is 2.39. The summed E-state index contributed by atoms with van der Waals surface area (Å²) in [6.07, 6.45) is 0. The van der Waals surface area contributed by atoms with Gasteiger partial charge < -0.3 is 5.32 Å². The molecular formula is C14H10F2N2O. The number of anilines is 2. The zero-order chi connectivity index (χ0) is 13.4. The third-order valence-corrected chi connectivity index (χ3v) is 3.03. The van der Waals surface area contributed by atoms with E-state index in [1.807, 2.05) is 0 Å². The average molecular weight is 260 g/mol. The van der Waals surface area contributed by atoms with Crippen LogP contribution in [0, 0.1) is 11.6 Å². The van der Waals surface area contributed by atoms with Crippen LogP contribution in [0.3, 0.4) is 0 Å². The molecule has 3 rings (SSSR count). The van der Waals surface area contributed by atoms with Gasteiger partial charge in [0.05, 0.1) is 12.2 Å². The van der Waals surface area contributed by atoms with Gasteiger partial charge in [0.15, 0.2) is 0 Å². The van der Waals surface area contributed by atoms with Gasteiger partial charge >= 0.3 is 6.03 Å². The molecule has 2 aromatic rings. The topological polar surface area (TPSA) is 32.3 Å². The highest BCUT2D eigenvalue weighted by atomic mass is 19.1. The van der Waals surface area contributed by atoms with Crippen LogP contribution >= 0.6 is 0 Å². The molecule has 2 aromatic carbocycles. The Hall–Kier alpha value is -2.43. The molecule has 1 aliphatic heterocycles. The predicted octanol–water partition coefficient (Wildman–Crippen LogP) is 3.52. The van der Waals surface area contributed by atoms with Crippen LogP contribution in [0.15, 0.2) is 42.5 Å². The number of halogens is 2. The number of benzene rings is 2. The Morgan fingerprint density at radius 3 is 2.68 bits per heavy atom. The number of nitrogens with zero attached hydrogens (tertiary/aromatic N) is 1. The highest BCUT2D eigenvalue weighted by molar-refractivity contribution is 6.04. The van der Waals surface area contributed by atoms with Gasteiger partial charge in [-0.2, -0.15) is 0 Å². The van der Waals surface area contributed by atoms with Crippen molar-refractivity contribution in [3.05, 3.63) is 59.7 Å². The Morgan fingerprint density at radius 2 is 1.89 bits per heavy atom. The minimum atomic E-state index is -0.488. The second-order valence-electron chi connectivity index (χ2n) is 4.27. The second-order valence-corrected chi connectivity index (χ2v) is 4.27. The molecule has 19 heavy (non-hydrogen) atoms. The lowest BCUT2D eigenvalue weighted by molar-refractivity contribution is 0.255. The van der Waals surface area contributed by atoms with Crippen LogP contribution in [-0.4, -0.2) is 6.03 Å². The predicted molar refractivity (Wildman–Crippen MR) is 68.0 cm³/mol. The third-order valence-electron chi connectivity index (χ3n) is 3.03. The first-order valence-electron chi connectivity index (χ1n) is 5.76. The number of urea groups is 1. The second kappa shape index (κ2) is 4.35. The van der Waals surface area contributed by atoms with Crippen LogP contribution in [0.25, 0.3) is 0 Å². The normalized spacial score (nSPS) is 14.0. The molecule has 0 atom stereocenters. The largest absolute Gasteiger partial charge is 0.326 e. The van der Waals surface area contributed by atoms with E-state index in [0.717, 1.165) is 0 Å². The van der Waals surface area contributed by atoms with Gasteiger partial charge in [0, 0.05) is 5.69 Å². The molecule has 0 fully saturated rings. The molecule has 1 N–H and O–H groups in total. The molecule has 0 aliphatic carbocycles. The molecule has 1 aliphatic rings. The van der Waals surface area contributed by atoms with Gasteiger partial charge in [-0.1, -0.05) is 12.1 Å². The monoisotopic (exact) mass is 260 g/mol. The molecule has 0 bridgehead atoms. The van der Waals surface area contributed by atoms with Crippen molar-refractivity contribution >= 4 is 17.4 Å². The van der Waals surface area contributed by atoms with Gasteiger partial charge in [0.2, 0.25) is 0 Å². The number of hydrogen-bond acceptors (Lipinski definition) is 1. The first-order chi connectivity index (χ1) is 9.15. The Morgan fingerprint density at radius 1 is 1.11 bits per heavy atom. The van der Waals surface area contributed by atoms with Crippen molar-refractivity contribution in [2.24, 2.45) is 0 Å². The van der Waals surface area contributed by atoms with Crippen LogP contribution in [0.4, 0.5) is 25.0 Å². The lowest BCUT2D eigenvalue weighted by atomic mass is 10.1. The molecule has 0 unspecified atom stereocenters. The van der Waals surface area contributed by atoms with E-state index in [4.69, 9.17) is 0 Å². The van der Waals surface area contributed by atoms with E-state index in [9.17, 15) is 13.6 Å². The SMILES string of the molecule is O=C1Nc2ccc(F)cc2CN1c1ccccc1F. The first-order valence-corrected chi connectivity index (χ1v) is 5.76. The molecule has 0 saturated carbocycles. The van der Waals surface area contributed by atoms with Crippen LogP contribution in [0.5, 0.6) is 0 Å². The number of para-hydroxylation sites is 1. The summed E-state index contributed by atoms with van der Waals surface area (Å²) in [6, 6.07) is 9.68. The summed E-state index contributed by atoms with van der Waals surface area (Å²) in [5.74, 6) is -0.874. The Balaban J connectivity index is 2.02. The molecular weight excluding hydrogens is 250 g/mol. The highest BCUT2D eigenvalue weighted by Crippen LogP contribution is 2.29. The van der Waals surface area contributed by atoms with Crippen molar-refractivity contribution in [2.45, 2.75) is 6.54 Å². The maximum atomic E-state index is 13.7. The Bertz CT molecular complexity index is 658. The fraction of sp³-hybridized carbons (Fsp3) is 0.0714. The first kappa shape index (κ1) is 11.6. The number of amides is 2. The minimum absolute atomic E-state index is 0.139. The Kier molecular flexibility index (Phi) is 2.67. The fourth-order valence-corrected chi connectivity index (χ4v) is 2.11. The van der Waals surface area contributed by atoms with Gasteiger partial charge in [-0.3, -0.25) is 4.90 Å². The standard InChI is InChI=1S/C14H10F2N2O/c15-10-5-6-12-9(7-10)8-18(14(19)17-12)13-4-2-1-3-11(13)16/h1-7H,8H2,(H,17,19). The maximum absolute atomic E-state index is 13.7. The summed E-state index contributed by atoms with van der Waals surface area (Å²) in [7, 11) is 0. The summed E-state index contributed by atoms with van der Waals surface area (Å²) in [4.78, 5) is 13.2. The maximum Gasteiger partial charge on any atom is 0.326 e. The number of nitrogens with one attached hydrogen (secondary N) is 1. The van der Waals surface area contributed by atoms with Crippen LogP contribution in [-0.2, 0) is 6.54 Å². The summed E-state index contributed by atoms with van der Waals surface area (Å²) >= 11 is 0. The minimum Gasteiger partial charge on any atom is -0.307 e. The number of hydrogen-bond donors (Lipinski definition) is 1. The van der Waals surface area contributed by atoms with E-state index >= 15 is 0 Å². The van der Waals surface area contributed by atoms with E-state index in [-0.39, 0.29) is 18.0 Å². The van der Waals surface area contributed by atoms with Crippen LogP contribution in [0.2, 0.25) is 0 Å². The van der Waals surface area contributed by atoms with Gasteiger partial charge in [-0.05, 0) is 35.9 Å². The van der Waals surface area contributed by atoms with Crippen molar-refractivity contribution in [3.8, 4) is 0 Å². The van der Waals surface area contributed by atoms with Gasteiger partial charge in [0.25, 0.3) is 0 Å².